The van der Waals surface area contributed by atoms with Gasteiger partial charge in [0.2, 0.25) is 0 Å². The van der Waals surface area contributed by atoms with Crippen LogP contribution in [0.1, 0.15) is 13.8 Å². The van der Waals surface area contributed by atoms with E-state index in [9.17, 15) is 18.0 Å². The van der Waals surface area contributed by atoms with Gasteiger partial charge in [-0.05, 0) is 38.1 Å². The van der Waals surface area contributed by atoms with E-state index in [0.29, 0.717) is 5.02 Å². The van der Waals surface area contributed by atoms with Crippen molar-refractivity contribution in [2.75, 3.05) is 0 Å². The van der Waals surface area contributed by atoms with Crippen LogP contribution in [0.3, 0.4) is 0 Å². The summed E-state index contributed by atoms with van der Waals surface area (Å²) in [7, 11) is -4.37. The monoisotopic (exact) mass is 335 g/mol. The van der Waals surface area contributed by atoms with Crippen LogP contribution < -0.4 is 11.2 Å². The van der Waals surface area contributed by atoms with E-state index in [1.807, 2.05) is 0 Å². The largest absolute Gasteiger partial charge is 0.445 e. The lowest BCUT2D eigenvalue weighted by molar-refractivity contribution is 0.0893. The summed E-state index contributed by atoms with van der Waals surface area (Å²) in [5.74, 6) is 0. The molecule has 0 aromatic heterocycles. The van der Waals surface area contributed by atoms with E-state index < -0.39 is 28.3 Å². The molecule has 0 radical (unpaired) electrons. The zero-order chi connectivity index (χ0) is 16.2. The fraction of sp³-hybridized carbons (Fsp3) is 0.273. The summed E-state index contributed by atoms with van der Waals surface area (Å²) in [6.07, 6.45) is -1.87. The Morgan fingerprint density at radius 2 is 1.81 bits per heavy atom. The van der Waals surface area contributed by atoms with Crippen molar-refractivity contribution in [3.05, 3.63) is 29.3 Å². The lowest BCUT2D eigenvalue weighted by atomic mass is 10.4. The van der Waals surface area contributed by atoms with Crippen LogP contribution in [0.5, 0.6) is 0 Å². The maximum atomic E-state index is 12.3. The lowest BCUT2D eigenvalue weighted by Crippen LogP contribution is -2.52. The number of hydrogen-bond acceptors (Lipinski definition) is 5. The molecule has 0 spiro atoms. The Labute approximate surface area is 126 Å². The van der Waals surface area contributed by atoms with Gasteiger partial charge in [-0.1, -0.05) is 11.6 Å². The fourth-order valence-corrected chi connectivity index (χ4v) is 2.53. The highest BCUT2D eigenvalue weighted by atomic mass is 35.5. The minimum absolute atomic E-state index is 0.0402. The van der Waals surface area contributed by atoms with Crippen LogP contribution in [0.4, 0.5) is 9.59 Å². The van der Waals surface area contributed by atoms with Crippen LogP contribution in [0.2, 0.25) is 5.02 Å². The summed E-state index contributed by atoms with van der Waals surface area (Å²) in [5, 5.41) is 0.313. The third-order valence-electron chi connectivity index (χ3n) is 2.07. The van der Waals surface area contributed by atoms with Gasteiger partial charge in [0.25, 0.3) is 10.0 Å². The van der Waals surface area contributed by atoms with Crippen molar-refractivity contribution in [2.24, 2.45) is 5.73 Å². The number of ether oxygens (including phenoxy) is 1. The molecule has 1 rings (SSSR count). The van der Waals surface area contributed by atoms with E-state index in [-0.39, 0.29) is 9.31 Å². The van der Waals surface area contributed by atoms with E-state index in [4.69, 9.17) is 22.1 Å². The molecule has 21 heavy (non-hydrogen) atoms. The fourth-order valence-electron chi connectivity index (χ4n) is 1.27. The second-order valence-corrected chi connectivity index (χ2v) is 6.36. The predicted molar refractivity (Wildman–Crippen MR) is 74.8 cm³/mol. The van der Waals surface area contributed by atoms with Gasteiger partial charge in [0, 0.05) is 5.02 Å². The number of rotatable bonds is 3. The van der Waals surface area contributed by atoms with Crippen molar-refractivity contribution in [1.29, 1.82) is 0 Å². The number of hydrazine groups is 1. The smallest absolute Gasteiger partial charge is 0.443 e. The maximum absolute atomic E-state index is 12.3. The first kappa shape index (κ1) is 17.1. The summed E-state index contributed by atoms with van der Waals surface area (Å²) in [5.41, 5.74) is 6.59. The van der Waals surface area contributed by atoms with Crippen molar-refractivity contribution in [1.82, 2.24) is 9.84 Å². The average molecular weight is 336 g/mol. The van der Waals surface area contributed by atoms with Gasteiger partial charge in [-0.3, -0.25) is 0 Å². The molecule has 1 aromatic carbocycles. The Balaban J connectivity index is 3.20. The van der Waals surface area contributed by atoms with Crippen LogP contribution >= 0.6 is 11.6 Å². The summed E-state index contributed by atoms with van der Waals surface area (Å²) < 4.78 is 29.4. The third-order valence-corrected chi connectivity index (χ3v) is 3.91. The quantitative estimate of drug-likeness (QED) is 0.810. The van der Waals surface area contributed by atoms with E-state index in [1.54, 1.807) is 5.43 Å². The molecule has 116 valence electrons. The highest BCUT2D eigenvalue weighted by molar-refractivity contribution is 7.89. The number of carbonyl (C=O) groups is 2. The molecule has 0 bridgehead atoms. The first-order valence-electron chi connectivity index (χ1n) is 5.72. The molecule has 0 aliphatic rings. The average Bonchev–Trinajstić information content (AvgIpc) is 2.35. The molecular formula is C11H14ClN3O5S. The summed E-state index contributed by atoms with van der Waals surface area (Å²) in [4.78, 5) is 22.4. The van der Waals surface area contributed by atoms with Crippen molar-refractivity contribution in [2.45, 2.75) is 24.8 Å². The Morgan fingerprint density at radius 3 is 2.24 bits per heavy atom. The predicted octanol–water partition coefficient (Wildman–Crippen LogP) is 1.46. The van der Waals surface area contributed by atoms with Gasteiger partial charge in [0.05, 0.1) is 11.0 Å². The minimum atomic E-state index is -4.37. The molecule has 0 saturated heterocycles. The third kappa shape index (κ3) is 4.50. The van der Waals surface area contributed by atoms with Crippen molar-refractivity contribution in [3.8, 4) is 0 Å². The van der Waals surface area contributed by atoms with E-state index in [2.05, 4.69) is 0 Å². The number of primary amides is 1. The van der Waals surface area contributed by atoms with Crippen LogP contribution in [-0.4, -0.2) is 31.1 Å². The van der Waals surface area contributed by atoms with E-state index in [0.717, 1.165) is 0 Å². The first-order chi connectivity index (χ1) is 9.64. The van der Waals surface area contributed by atoms with Gasteiger partial charge in [-0.2, -0.15) is 8.42 Å². The number of urea groups is 1. The molecule has 0 aliphatic heterocycles. The zero-order valence-electron chi connectivity index (χ0n) is 11.2. The topological polar surface area (TPSA) is 119 Å². The highest BCUT2D eigenvalue weighted by Crippen LogP contribution is 2.18. The second-order valence-electron chi connectivity index (χ2n) is 4.13. The molecule has 0 atom stereocenters. The molecule has 0 saturated carbocycles. The van der Waals surface area contributed by atoms with Gasteiger partial charge in [-0.15, -0.1) is 4.41 Å². The molecular weight excluding hydrogens is 322 g/mol. The number of benzene rings is 1. The standard InChI is InChI=1S/C11H14ClN3O5S/c1-7(2)20-11(17)15(14-10(13)16)21(18,19)9-5-3-8(12)4-6-9/h3-7H,1-2H3,(H3,13,14,16). The highest BCUT2D eigenvalue weighted by Gasteiger charge is 2.32. The van der Waals surface area contributed by atoms with Crippen LogP contribution in [-0.2, 0) is 14.8 Å². The number of nitrogens with two attached hydrogens (primary N) is 1. The second kappa shape index (κ2) is 6.64. The van der Waals surface area contributed by atoms with Crippen LogP contribution in [0.15, 0.2) is 29.2 Å². The Morgan fingerprint density at radius 1 is 1.29 bits per heavy atom. The van der Waals surface area contributed by atoms with E-state index >= 15 is 0 Å². The molecule has 8 nitrogen and oxygen atoms in total. The molecule has 0 aliphatic carbocycles. The Hall–Kier alpha value is -2.00. The number of hydrogen-bond donors (Lipinski definition) is 2. The molecule has 0 fully saturated rings. The molecule has 0 heterocycles. The molecule has 10 heteroatoms. The normalized spacial score (nSPS) is 11.0. The van der Waals surface area contributed by atoms with Gasteiger partial charge in [0.1, 0.15) is 0 Å². The SMILES string of the molecule is CC(C)OC(=O)N(NC(N)=O)S(=O)(=O)c1ccc(Cl)cc1. The summed E-state index contributed by atoms with van der Waals surface area (Å²) in [6, 6.07) is 3.77. The number of carbonyl (C=O) groups excluding carboxylic acids is 2. The number of halogens is 1. The van der Waals surface area contributed by atoms with Gasteiger partial charge in [0.15, 0.2) is 0 Å². The molecule has 1 aromatic rings. The number of nitrogens with one attached hydrogen (secondary N) is 1. The molecule has 3 N–H and O–H groups in total. The first-order valence-corrected chi connectivity index (χ1v) is 7.54. The van der Waals surface area contributed by atoms with Crippen molar-refractivity contribution >= 4 is 33.7 Å². The summed E-state index contributed by atoms with van der Waals surface area (Å²) >= 11 is 5.67. The van der Waals surface area contributed by atoms with Crippen LogP contribution in [0.25, 0.3) is 0 Å². The minimum Gasteiger partial charge on any atom is -0.445 e. The number of nitrogens with zero attached hydrogens (tertiary/aromatic N) is 1. The zero-order valence-corrected chi connectivity index (χ0v) is 12.8. The molecule has 0 unspecified atom stereocenters. The van der Waals surface area contributed by atoms with Crippen LogP contribution in [0, 0.1) is 0 Å². The number of amides is 3. The van der Waals surface area contributed by atoms with Gasteiger partial charge in [-0.25, -0.2) is 15.0 Å². The Bertz CT molecular complexity index is 630. The van der Waals surface area contributed by atoms with Crippen molar-refractivity contribution < 1.29 is 22.7 Å². The van der Waals surface area contributed by atoms with E-state index in [1.165, 1.54) is 38.1 Å². The number of sulfonamides is 1. The summed E-state index contributed by atoms with van der Waals surface area (Å²) in [6.45, 7) is 3.05. The lowest BCUT2D eigenvalue weighted by Gasteiger charge is -2.22. The van der Waals surface area contributed by atoms with Crippen molar-refractivity contribution in [3.63, 3.8) is 0 Å². The van der Waals surface area contributed by atoms with Gasteiger partial charge >= 0.3 is 12.1 Å². The molecule has 3 amide bonds. The van der Waals surface area contributed by atoms with Gasteiger partial charge < -0.3 is 10.5 Å². The maximum Gasteiger partial charge on any atom is 0.443 e. The Kier molecular flexibility index (Phi) is 5.39.